The third kappa shape index (κ3) is 2.92. The average molecular weight is 321 g/mol. The number of hydrogen-bond donors (Lipinski definition) is 0. The van der Waals surface area contributed by atoms with Crippen LogP contribution in [0.5, 0.6) is 0 Å². The maximum atomic E-state index is 13.9. The zero-order valence-corrected chi connectivity index (χ0v) is 12.4. The second-order valence-electron chi connectivity index (χ2n) is 4.71. The number of hydrogen-bond acceptors (Lipinski definition) is 1. The van der Waals surface area contributed by atoms with Crippen LogP contribution in [0.1, 0.15) is 41.3 Å². The predicted molar refractivity (Wildman–Crippen MR) is 78.1 cm³/mol. The summed E-state index contributed by atoms with van der Waals surface area (Å²) in [6.07, 6.45) is 0. The summed E-state index contributed by atoms with van der Waals surface area (Å²) in [4.78, 5) is 12.2. The molecule has 2 rings (SSSR count). The van der Waals surface area contributed by atoms with Gasteiger partial charge in [-0.1, -0.05) is 44.2 Å². The highest BCUT2D eigenvalue weighted by Gasteiger charge is 2.15. The van der Waals surface area contributed by atoms with Crippen molar-refractivity contribution in [3.8, 4) is 0 Å². The Morgan fingerprint density at radius 2 is 1.74 bits per heavy atom. The molecule has 0 amide bonds. The highest BCUT2D eigenvalue weighted by Crippen LogP contribution is 2.22. The zero-order valence-electron chi connectivity index (χ0n) is 10.8. The maximum absolute atomic E-state index is 13.9. The minimum Gasteiger partial charge on any atom is -0.288 e. The largest absolute Gasteiger partial charge is 0.288 e. The molecule has 0 aliphatic heterocycles. The molecule has 2 aromatic carbocycles. The summed E-state index contributed by atoms with van der Waals surface area (Å²) in [7, 11) is 0. The molecule has 0 unspecified atom stereocenters. The number of halogens is 2. The summed E-state index contributed by atoms with van der Waals surface area (Å²) in [6, 6.07) is 12.0. The molecule has 3 heteroatoms. The zero-order chi connectivity index (χ0) is 14.0. The lowest BCUT2D eigenvalue weighted by molar-refractivity contribution is 0.103. The minimum absolute atomic E-state index is 0.0895. The molecular weight excluding hydrogens is 307 g/mol. The van der Waals surface area contributed by atoms with Gasteiger partial charge in [0.05, 0.1) is 10.0 Å². The smallest absolute Gasteiger partial charge is 0.196 e. The second-order valence-corrected chi connectivity index (χ2v) is 5.56. The van der Waals surface area contributed by atoms with Gasteiger partial charge in [0.2, 0.25) is 0 Å². The molecule has 0 aliphatic rings. The van der Waals surface area contributed by atoms with Crippen LogP contribution in [-0.2, 0) is 0 Å². The Morgan fingerprint density at radius 3 is 2.32 bits per heavy atom. The normalized spacial score (nSPS) is 10.8. The lowest BCUT2D eigenvalue weighted by Crippen LogP contribution is -2.05. The van der Waals surface area contributed by atoms with E-state index in [1.807, 2.05) is 12.1 Å². The van der Waals surface area contributed by atoms with E-state index in [1.54, 1.807) is 24.3 Å². The monoisotopic (exact) mass is 320 g/mol. The number of benzene rings is 2. The molecule has 0 radical (unpaired) electrons. The third-order valence-electron chi connectivity index (χ3n) is 3.04. The first-order chi connectivity index (χ1) is 9.00. The maximum Gasteiger partial charge on any atom is 0.196 e. The molecule has 98 valence electrons. The lowest BCUT2D eigenvalue weighted by atomic mass is 9.98. The Balaban J connectivity index is 2.36. The standard InChI is InChI=1S/C16H14BrFO/c1-10(2)11-6-8-12(9-7-11)16(19)13-4-3-5-14(17)15(13)18/h3-10H,1-2H3. The summed E-state index contributed by atoms with van der Waals surface area (Å²) in [5.74, 6) is -0.402. The molecule has 0 heterocycles. The Bertz CT molecular complexity index is 603. The van der Waals surface area contributed by atoms with Gasteiger partial charge < -0.3 is 0 Å². The topological polar surface area (TPSA) is 17.1 Å². The van der Waals surface area contributed by atoms with E-state index in [0.29, 0.717) is 16.0 Å². The van der Waals surface area contributed by atoms with E-state index in [0.717, 1.165) is 5.56 Å². The third-order valence-corrected chi connectivity index (χ3v) is 3.65. The van der Waals surface area contributed by atoms with Crippen LogP contribution in [-0.4, -0.2) is 5.78 Å². The summed E-state index contributed by atoms with van der Waals surface area (Å²) in [6.45, 7) is 4.18. The number of rotatable bonds is 3. The Kier molecular flexibility index (Phi) is 4.15. The van der Waals surface area contributed by atoms with Gasteiger partial charge in [0.25, 0.3) is 0 Å². The van der Waals surface area contributed by atoms with Crippen molar-refractivity contribution in [2.75, 3.05) is 0 Å². The van der Waals surface area contributed by atoms with Crippen LogP contribution in [0.2, 0.25) is 0 Å². The van der Waals surface area contributed by atoms with Gasteiger partial charge in [-0.2, -0.15) is 0 Å². The van der Waals surface area contributed by atoms with E-state index in [9.17, 15) is 9.18 Å². The first kappa shape index (κ1) is 13.9. The SMILES string of the molecule is CC(C)c1ccc(C(=O)c2cccc(Br)c2F)cc1. The molecule has 0 bridgehead atoms. The van der Waals surface area contributed by atoms with Crippen LogP contribution >= 0.6 is 15.9 Å². The van der Waals surface area contributed by atoms with E-state index in [2.05, 4.69) is 29.8 Å². The van der Waals surface area contributed by atoms with Crippen LogP contribution < -0.4 is 0 Å². The van der Waals surface area contributed by atoms with Crippen LogP contribution in [0.15, 0.2) is 46.9 Å². The fraction of sp³-hybridized carbons (Fsp3) is 0.188. The van der Waals surface area contributed by atoms with Gasteiger partial charge in [-0.05, 0) is 39.5 Å². The van der Waals surface area contributed by atoms with Crippen molar-refractivity contribution < 1.29 is 9.18 Å². The fourth-order valence-corrected chi connectivity index (χ4v) is 2.22. The quantitative estimate of drug-likeness (QED) is 0.732. The van der Waals surface area contributed by atoms with Crippen molar-refractivity contribution in [1.82, 2.24) is 0 Å². The molecule has 0 saturated carbocycles. The Morgan fingerprint density at radius 1 is 1.11 bits per heavy atom. The van der Waals surface area contributed by atoms with Gasteiger partial charge in [-0.25, -0.2) is 4.39 Å². The van der Waals surface area contributed by atoms with Crippen molar-refractivity contribution in [3.05, 3.63) is 69.4 Å². The van der Waals surface area contributed by atoms with E-state index in [1.165, 1.54) is 6.07 Å². The van der Waals surface area contributed by atoms with Crippen molar-refractivity contribution >= 4 is 21.7 Å². The first-order valence-electron chi connectivity index (χ1n) is 6.09. The van der Waals surface area contributed by atoms with Gasteiger partial charge in [-0.15, -0.1) is 0 Å². The second kappa shape index (κ2) is 5.66. The average Bonchev–Trinajstić information content (AvgIpc) is 2.41. The summed E-state index contributed by atoms with van der Waals surface area (Å²) in [5.41, 5.74) is 1.75. The van der Waals surface area contributed by atoms with Gasteiger partial charge in [0.1, 0.15) is 5.82 Å². The minimum atomic E-state index is -0.513. The fourth-order valence-electron chi connectivity index (χ4n) is 1.85. The number of carbonyl (C=O) groups is 1. The molecule has 1 nitrogen and oxygen atoms in total. The molecule has 0 atom stereocenters. The van der Waals surface area contributed by atoms with Gasteiger partial charge >= 0.3 is 0 Å². The highest BCUT2D eigenvalue weighted by atomic mass is 79.9. The molecular formula is C16H14BrFO. The van der Waals surface area contributed by atoms with E-state index >= 15 is 0 Å². The predicted octanol–water partition coefficient (Wildman–Crippen LogP) is 4.94. The van der Waals surface area contributed by atoms with Crippen molar-refractivity contribution in [2.24, 2.45) is 0 Å². The molecule has 0 aromatic heterocycles. The molecule has 0 fully saturated rings. The van der Waals surface area contributed by atoms with Gasteiger partial charge in [-0.3, -0.25) is 4.79 Å². The summed E-state index contributed by atoms with van der Waals surface area (Å²) < 4.78 is 14.2. The summed E-state index contributed by atoms with van der Waals surface area (Å²) in [5, 5.41) is 0. The van der Waals surface area contributed by atoms with Gasteiger partial charge in [0.15, 0.2) is 5.78 Å². The summed E-state index contributed by atoms with van der Waals surface area (Å²) >= 11 is 3.09. The molecule has 2 aromatic rings. The number of ketones is 1. The molecule has 0 N–H and O–H groups in total. The first-order valence-corrected chi connectivity index (χ1v) is 6.88. The Hall–Kier alpha value is -1.48. The van der Waals surface area contributed by atoms with E-state index in [4.69, 9.17) is 0 Å². The van der Waals surface area contributed by atoms with Gasteiger partial charge in [0, 0.05) is 5.56 Å². The van der Waals surface area contributed by atoms with Crippen molar-refractivity contribution in [2.45, 2.75) is 19.8 Å². The van der Waals surface area contributed by atoms with Crippen LogP contribution in [0, 0.1) is 5.82 Å². The Labute approximate surface area is 120 Å². The molecule has 0 saturated heterocycles. The molecule has 19 heavy (non-hydrogen) atoms. The van der Waals surface area contributed by atoms with Crippen LogP contribution in [0.4, 0.5) is 4.39 Å². The highest BCUT2D eigenvalue weighted by molar-refractivity contribution is 9.10. The van der Waals surface area contributed by atoms with Crippen LogP contribution in [0.3, 0.4) is 0 Å². The van der Waals surface area contributed by atoms with Crippen LogP contribution in [0.25, 0.3) is 0 Å². The molecule has 0 aliphatic carbocycles. The van der Waals surface area contributed by atoms with E-state index in [-0.39, 0.29) is 11.3 Å². The molecule has 0 spiro atoms. The van der Waals surface area contributed by atoms with Crippen molar-refractivity contribution in [1.29, 1.82) is 0 Å². The van der Waals surface area contributed by atoms with E-state index < -0.39 is 5.82 Å². The lowest BCUT2D eigenvalue weighted by Gasteiger charge is -2.07. The van der Waals surface area contributed by atoms with Crippen molar-refractivity contribution in [3.63, 3.8) is 0 Å². The number of carbonyl (C=O) groups excluding carboxylic acids is 1.